The summed E-state index contributed by atoms with van der Waals surface area (Å²) in [4.78, 5) is 32.4. The van der Waals surface area contributed by atoms with Crippen LogP contribution in [0.5, 0.6) is 5.75 Å². The predicted molar refractivity (Wildman–Crippen MR) is 108 cm³/mol. The molecule has 1 saturated carbocycles. The third-order valence-electron chi connectivity index (χ3n) is 4.88. The van der Waals surface area contributed by atoms with Crippen molar-refractivity contribution >= 4 is 17.9 Å². The second kappa shape index (κ2) is 13.7. The molecular formula is C21H32N2O6. The fourth-order valence-electron chi connectivity index (χ4n) is 3.06. The number of hydrogen-bond acceptors (Lipinski definition) is 6. The van der Waals surface area contributed by atoms with Crippen LogP contribution in [0.3, 0.4) is 0 Å². The summed E-state index contributed by atoms with van der Waals surface area (Å²) in [6.07, 6.45) is 5.02. The summed E-state index contributed by atoms with van der Waals surface area (Å²) < 4.78 is 5.42. The minimum absolute atomic E-state index is 0.0329. The lowest BCUT2D eigenvalue weighted by molar-refractivity contribution is -0.140. The number of carboxylic acids is 2. The standard InChI is InChI=1S/C17H23NO4.C4H9NO2/c18-11-13-1-6-14(7-2-13)17(21)22-15-8-3-12(4-9-15)5-10-16(19)20;5-3-1-2-4(6)7/h3-4,8-9,13-14H,1-2,5-7,10-11,18H2,(H,19,20);1-3,5H2,(H,6,7). The van der Waals surface area contributed by atoms with Crippen LogP contribution in [0.25, 0.3) is 0 Å². The molecule has 162 valence electrons. The zero-order valence-corrected chi connectivity index (χ0v) is 16.7. The van der Waals surface area contributed by atoms with E-state index in [1.807, 2.05) is 0 Å². The van der Waals surface area contributed by atoms with Crippen LogP contribution in [0.2, 0.25) is 0 Å². The van der Waals surface area contributed by atoms with E-state index >= 15 is 0 Å². The molecule has 1 aromatic carbocycles. The Morgan fingerprint density at radius 1 is 0.931 bits per heavy atom. The molecule has 0 atom stereocenters. The normalized spacial score (nSPS) is 18.3. The van der Waals surface area contributed by atoms with Crippen LogP contribution in [0.1, 0.15) is 50.5 Å². The van der Waals surface area contributed by atoms with Gasteiger partial charge in [-0.25, -0.2) is 0 Å². The van der Waals surface area contributed by atoms with Crippen molar-refractivity contribution in [2.45, 2.75) is 51.4 Å². The Hall–Kier alpha value is -2.45. The van der Waals surface area contributed by atoms with Crippen LogP contribution in [0.4, 0.5) is 0 Å². The lowest BCUT2D eigenvalue weighted by Gasteiger charge is -2.26. The maximum Gasteiger partial charge on any atom is 0.314 e. The Balaban J connectivity index is 0.000000516. The number of ether oxygens (including phenoxy) is 1. The quantitative estimate of drug-likeness (QED) is 0.358. The van der Waals surface area contributed by atoms with Gasteiger partial charge in [0.25, 0.3) is 0 Å². The van der Waals surface area contributed by atoms with Crippen LogP contribution < -0.4 is 16.2 Å². The highest BCUT2D eigenvalue weighted by atomic mass is 16.5. The van der Waals surface area contributed by atoms with E-state index in [1.54, 1.807) is 24.3 Å². The largest absolute Gasteiger partial charge is 0.481 e. The van der Waals surface area contributed by atoms with Gasteiger partial charge >= 0.3 is 17.9 Å². The van der Waals surface area contributed by atoms with Gasteiger partial charge in [-0.05, 0) is 75.2 Å². The molecule has 1 aliphatic rings. The number of carbonyl (C=O) groups is 3. The van der Waals surface area contributed by atoms with Crippen LogP contribution in [-0.4, -0.2) is 41.2 Å². The average Bonchev–Trinajstić information content (AvgIpc) is 2.72. The van der Waals surface area contributed by atoms with Crippen LogP contribution in [0, 0.1) is 11.8 Å². The first-order valence-electron chi connectivity index (χ1n) is 10.00. The highest BCUT2D eigenvalue weighted by molar-refractivity contribution is 5.75. The number of esters is 1. The molecule has 0 heterocycles. The third-order valence-corrected chi connectivity index (χ3v) is 4.88. The fraction of sp³-hybridized carbons (Fsp3) is 0.571. The molecule has 0 aliphatic heterocycles. The molecule has 0 saturated heterocycles. The number of hydrogen-bond donors (Lipinski definition) is 4. The number of nitrogens with two attached hydrogens (primary N) is 2. The Morgan fingerprint density at radius 2 is 1.52 bits per heavy atom. The molecule has 1 fully saturated rings. The van der Waals surface area contributed by atoms with Crippen molar-refractivity contribution in [3.8, 4) is 5.75 Å². The van der Waals surface area contributed by atoms with Crippen LogP contribution in [-0.2, 0) is 20.8 Å². The van der Waals surface area contributed by atoms with Gasteiger partial charge in [-0.1, -0.05) is 12.1 Å². The van der Waals surface area contributed by atoms with Crippen LogP contribution >= 0.6 is 0 Å². The minimum Gasteiger partial charge on any atom is -0.481 e. The lowest BCUT2D eigenvalue weighted by atomic mass is 9.82. The number of benzene rings is 1. The number of rotatable bonds is 9. The van der Waals surface area contributed by atoms with E-state index < -0.39 is 11.9 Å². The molecule has 8 heteroatoms. The molecule has 2 rings (SSSR count). The smallest absolute Gasteiger partial charge is 0.314 e. The van der Waals surface area contributed by atoms with Gasteiger partial charge in [0.1, 0.15) is 5.75 Å². The highest BCUT2D eigenvalue weighted by Crippen LogP contribution is 2.29. The summed E-state index contributed by atoms with van der Waals surface area (Å²) in [5, 5.41) is 16.6. The first-order valence-corrected chi connectivity index (χ1v) is 10.00. The van der Waals surface area contributed by atoms with Gasteiger partial charge in [0.05, 0.1) is 5.92 Å². The monoisotopic (exact) mass is 408 g/mol. The maximum atomic E-state index is 12.1. The molecule has 0 amide bonds. The second-order valence-corrected chi connectivity index (χ2v) is 7.20. The number of carbonyl (C=O) groups excluding carboxylic acids is 1. The number of aryl methyl sites for hydroxylation is 1. The fourth-order valence-corrected chi connectivity index (χ4v) is 3.06. The van der Waals surface area contributed by atoms with E-state index in [2.05, 4.69) is 0 Å². The topological polar surface area (TPSA) is 153 Å². The van der Waals surface area contributed by atoms with Crippen molar-refractivity contribution in [3.63, 3.8) is 0 Å². The van der Waals surface area contributed by atoms with Crippen molar-refractivity contribution in [1.29, 1.82) is 0 Å². The van der Waals surface area contributed by atoms with Gasteiger partial charge in [0.15, 0.2) is 0 Å². The minimum atomic E-state index is -0.816. The average molecular weight is 408 g/mol. The van der Waals surface area contributed by atoms with E-state index in [-0.39, 0.29) is 24.7 Å². The van der Waals surface area contributed by atoms with Crippen molar-refractivity contribution in [3.05, 3.63) is 29.8 Å². The van der Waals surface area contributed by atoms with Crippen molar-refractivity contribution in [2.75, 3.05) is 13.1 Å². The summed E-state index contributed by atoms with van der Waals surface area (Å²) in [5.41, 5.74) is 11.6. The van der Waals surface area contributed by atoms with Gasteiger partial charge < -0.3 is 26.4 Å². The summed E-state index contributed by atoms with van der Waals surface area (Å²) in [5.74, 6) is -0.736. The zero-order chi connectivity index (χ0) is 21.6. The second-order valence-electron chi connectivity index (χ2n) is 7.20. The zero-order valence-electron chi connectivity index (χ0n) is 16.7. The Morgan fingerprint density at radius 3 is 1.97 bits per heavy atom. The Labute approximate surface area is 171 Å². The molecule has 1 aromatic rings. The maximum absolute atomic E-state index is 12.1. The molecule has 0 spiro atoms. The SMILES string of the molecule is NCC1CCC(C(=O)Oc2ccc(CCC(=O)O)cc2)CC1.NCCCC(=O)O. The molecule has 0 radical (unpaired) electrons. The van der Waals surface area contributed by atoms with E-state index in [1.165, 1.54) is 0 Å². The van der Waals surface area contributed by atoms with Crippen molar-refractivity contribution < 1.29 is 29.3 Å². The van der Waals surface area contributed by atoms with Crippen molar-refractivity contribution in [2.24, 2.45) is 23.3 Å². The van der Waals surface area contributed by atoms with Crippen LogP contribution in [0.15, 0.2) is 24.3 Å². The summed E-state index contributed by atoms with van der Waals surface area (Å²) in [6, 6.07) is 7.05. The molecule has 0 aromatic heterocycles. The van der Waals surface area contributed by atoms with Gasteiger partial charge in [-0.3, -0.25) is 14.4 Å². The molecule has 8 nitrogen and oxygen atoms in total. The predicted octanol–water partition coefficient (Wildman–Crippen LogP) is 2.18. The van der Waals surface area contributed by atoms with Crippen molar-refractivity contribution in [1.82, 2.24) is 0 Å². The lowest BCUT2D eigenvalue weighted by Crippen LogP contribution is -2.28. The molecule has 29 heavy (non-hydrogen) atoms. The molecular weight excluding hydrogens is 376 g/mol. The summed E-state index contributed by atoms with van der Waals surface area (Å²) >= 11 is 0. The van der Waals surface area contributed by atoms with E-state index in [9.17, 15) is 14.4 Å². The molecule has 0 bridgehead atoms. The number of carboxylic acid groups (broad SMARTS) is 2. The Bertz CT molecular complexity index is 639. The van der Waals surface area contributed by atoms with Gasteiger partial charge in [0.2, 0.25) is 0 Å². The molecule has 1 aliphatic carbocycles. The van der Waals surface area contributed by atoms with E-state index in [0.29, 0.717) is 37.6 Å². The third kappa shape index (κ3) is 10.6. The van der Waals surface area contributed by atoms with Gasteiger partial charge in [-0.2, -0.15) is 0 Å². The van der Waals surface area contributed by atoms with E-state index in [0.717, 1.165) is 31.2 Å². The first-order chi connectivity index (χ1) is 13.8. The summed E-state index contributed by atoms with van der Waals surface area (Å²) in [6.45, 7) is 1.16. The Kier molecular flexibility index (Phi) is 11.6. The highest BCUT2D eigenvalue weighted by Gasteiger charge is 2.27. The molecule has 6 N–H and O–H groups in total. The first kappa shape index (κ1) is 24.6. The van der Waals surface area contributed by atoms with Gasteiger partial charge in [-0.15, -0.1) is 0 Å². The molecule has 0 unspecified atom stereocenters. The number of aliphatic carboxylic acids is 2. The van der Waals surface area contributed by atoms with Gasteiger partial charge in [0, 0.05) is 12.8 Å². The van der Waals surface area contributed by atoms with E-state index in [4.69, 9.17) is 26.4 Å². The summed E-state index contributed by atoms with van der Waals surface area (Å²) in [7, 11) is 0.